The molecule has 7 heteroatoms. The Bertz CT molecular complexity index is 681. The van der Waals surface area contributed by atoms with Crippen molar-refractivity contribution in [1.29, 1.82) is 0 Å². The van der Waals surface area contributed by atoms with Gasteiger partial charge in [0.2, 0.25) is 0 Å². The van der Waals surface area contributed by atoms with Crippen LogP contribution in [0.25, 0.3) is 0 Å². The molecular weight excluding hydrogens is 378 g/mol. The van der Waals surface area contributed by atoms with Gasteiger partial charge in [0.25, 0.3) is 11.8 Å². The molecule has 1 aromatic carbocycles. The van der Waals surface area contributed by atoms with Gasteiger partial charge < -0.3 is 19.9 Å². The van der Waals surface area contributed by atoms with E-state index in [9.17, 15) is 9.59 Å². The molecule has 2 aliphatic heterocycles. The van der Waals surface area contributed by atoms with Gasteiger partial charge in [0.15, 0.2) is 6.61 Å². The van der Waals surface area contributed by atoms with E-state index in [1.165, 1.54) is 6.42 Å². The first-order valence-corrected chi connectivity index (χ1v) is 10.0. The lowest BCUT2D eigenvalue weighted by atomic mass is 10.0. The van der Waals surface area contributed by atoms with Crippen molar-refractivity contribution in [2.75, 3.05) is 39.3 Å². The van der Waals surface area contributed by atoms with E-state index in [2.05, 4.69) is 12.2 Å². The van der Waals surface area contributed by atoms with Crippen molar-refractivity contribution in [2.45, 2.75) is 46.1 Å². The summed E-state index contributed by atoms with van der Waals surface area (Å²) < 4.78 is 5.86. The van der Waals surface area contributed by atoms with Gasteiger partial charge in [0.05, 0.1) is 0 Å². The van der Waals surface area contributed by atoms with Gasteiger partial charge in [-0.2, -0.15) is 0 Å². The third kappa shape index (κ3) is 5.17. The highest BCUT2D eigenvalue weighted by Crippen LogP contribution is 2.26. The minimum absolute atomic E-state index is 0. The number of hydrogen-bond acceptors (Lipinski definition) is 4. The topological polar surface area (TPSA) is 61.9 Å². The van der Waals surface area contributed by atoms with Crippen LogP contribution in [0, 0.1) is 13.8 Å². The maximum Gasteiger partial charge on any atom is 0.260 e. The predicted octanol–water partition coefficient (Wildman–Crippen LogP) is 2.55. The van der Waals surface area contributed by atoms with Gasteiger partial charge in [0, 0.05) is 44.3 Å². The molecule has 3 rings (SSSR count). The van der Waals surface area contributed by atoms with Gasteiger partial charge in [-0.05, 0) is 63.3 Å². The molecule has 2 saturated heterocycles. The summed E-state index contributed by atoms with van der Waals surface area (Å²) >= 11 is 0. The maximum absolute atomic E-state index is 12.9. The summed E-state index contributed by atoms with van der Waals surface area (Å²) in [5.74, 6) is 0.819. The Balaban J connectivity index is 0.00000280. The molecule has 1 aromatic rings. The smallest absolute Gasteiger partial charge is 0.260 e. The van der Waals surface area contributed by atoms with E-state index in [4.69, 9.17) is 4.74 Å². The lowest BCUT2D eigenvalue weighted by Gasteiger charge is -2.34. The van der Waals surface area contributed by atoms with E-state index in [0.717, 1.165) is 56.7 Å². The number of piperazine rings is 1. The largest absolute Gasteiger partial charge is 0.483 e. The first kappa shape index (κ1) is 22.5. The number of halogens is 1. The molecule has 0 bridgehead atoms. The van der Waals surface area contributed by atoms with Crippen molar-refractivity contribution < 1.29 is 14.3 Å². The zero-order valence-corrected chi connectivity index (χ0v) is 17.9. The molecule has 1 atom stereocenters. The van der Waals surface area contributed by atoms with Crippen LogP contribution < -0.4 is 10.1 Å². The van der Waals surface area contributed by atoms with E-state index in [-0.39, 0.29) is 36.9 Å². The van der Waals surface area contributed by atoms with Crippen molar-refractivity contribution >= 4 is 24.2 Å². The molecule has 0 saturated carbocycles. The third-order valence-electron chi connectivity index (χ3n) is 5.52. The molecule has 0 spiro atoms. The van der Waals surface area contributed by atoms with Crippen LogP contribution in [0.15, 0.2) is 12.1 Å². The third-order valence-corrected chi connectivity index (χ3v) is 5.52. The van der Waals surface area contributed by atoms with Crippen molar-refractivity contribution in [3.8, 4) is 5.75 Å². The molecule has 2 amide bonds. The number of rotatable bonds is 4. The maximum atomic E-state index is 12.9. The van der Waals surface area contributed by atoms with E-state index < -0.39 is 0 Å². The van der Waals surface area contributed by atoms with Crippen LogP contribution in [0.5, 0.6) is 5.75 Å². The average Bonchev–Trinajstić information content (AvgIpc) is 2.67. The van der Waals surface area contributed by atoms with Crippen molar-refractivity contribution in [2.24, 2.45) is 0 Å². The van der Waals surface area contributed by atoms with Crippen LogP contribution in [0.4, 0.5) is 0 Å². The number of benzene rings is 1. The zero-order valence-electron chi connectivity index (χ0n) is 17.1. The summed E-state index contributed by atoms with van der Waals surface area (Å²) in [6.45, 7) is 10.0. The fraction of sp³-hybridized carbons (Fsp3) is 0.619. The second kappa shape index (κ2) is 10.1. The molecule has 2 aliphatic rings. The number of aryl methyl sites for hydroxylation is 2. The monoisotopic (exact) mass is 409 g/mol. The van der Waals surface area contributed by atoms with E-state index in [0.29, 0.717) is 11.3 Å². The summed E-state index contributed by atoms with van der Waals surface area (Å²) in [5.41, 5.74) is 2.48. The summed E-state index contributed by atoms with van der Waals surface area (Å²) in [4.78, 5) is 29.0. The summed E-state index contributed by atoms with van der Waals surface area (Å²) in [6, 6.07) is 3.94. The highest BCUT2D eigenvalue weighted by Gasteiger charge is 2.25. The van der Waals surface area contributed by atoms with Crippen molar-refractivity contribution in [3.63, 3.8) is 0 Å². The van der Waals surface area contributed by atoms with Crippen LogP contribution in [-0.4, -0.2) is 67.0 Å². The van der Waals surface area contributed by atoms with Crippen molar-refractivity contribution in [3.05, 3.63) is 28.8 Å². The number of likely N-dealkylation sites (tertiary alicyclic amines) is 1. The van der Waals surface area contributed by atoms with Gasteiger partial charge >= 0.3 is 0 Å². The molecule has 6 nitrogen and oxygen atoms in total. The van der Waals surface area contributed by atoms with Crippen molar-refractivity contribution in [1.82, 2.24) is 15.1 Å². The quantitative estimate of drug-likeness (QED) is 0.830. The number of nitrogens with one attached hydrogen (secondary N) is 1. The van der Waals surface area contributed by atoms with Crippen LogP contribution in [0.1, 0.15) is 47.7 Å². The first-order valence-electron chi connectivity index (χ1n) is 10.0. The Labute approximate surface area is 174 Å². The number of nitrogens with zero attached hydrogens (tertiary/aromatic N) is 2. The number of carbonyl (C=O) groups excluding carboxylic acids is 2. The lowest BCUT2D eigenvalue weighted by Crippen LogP contribution is -2.52. The Hall–Kier alpha value is -1.79. The molecule has 1 N–H and O–H groups in total. The predicted molar refractivity (Wildman–Crippen MR) is 112 cm³/mol. The molecule has 156 valence electrons. The van der Waals surface area contributed by atoms with Gasteiger partial charge in [-0.25, -0.2) is 0 Å². The number of ether oxygens (including phenoxy) is 1. The number of hydrogen-bond donors (Lipinski definition) is 1. The highest BCUT2D eigenvalue weighted by molar-refractivity contribution is 5.95. The minimum atomic E-state index is 0. The molecular formula is C21H32ClN3O3. The number of amides is 2. The van der Waals surface area contributed by atoms with Crippen LogP contribution >= 0.6 is 12.4 Å². The van der Waals surface area contributed by atoms with E-state index >= 15 is 0 Å². The lowest BCUT2D eigenvalue weighted by molar-refractivity contribution is -0.134. The van der Waals surface area contributed by atoms with Gasteiger partial charge in [-0.1, -0.05) is 0 Å². The fourth-order valence-electron chi connectivity index (χ4n) is 3.98. The van der Waals surface area contributed by atoms with E-state index in [1.807, 2.05) is 35.8 Å². The normalized spacial score (nSPS) is 19.8. The summed E-state index contributed by atoms with van der Waals surface area (Å²) in [6.07, 6.45) is 3.35. The molecule has 0 radical (unpaired) electrons. The Morgan fingerprint density at radius 1 is 1.11 bits per heavy atom. The second-order valence-corrected chi connectivity index (χ2v) is 7.72. The molecule has 0 aromatic heterocycles. The van der Waals surface area contributed by atoms with Crippen LogP contribution in [-0.2, 0) is 4.79 Å². The summed E-state index contributed by atoms with van der Waals surface area (Å²) in [5, 5.41) is 3.31. The SMILES string of the molecule is Cc1cc(C(=O)N2CCNC[C@H]2C)cc(C)c1OCC(=O)N1CCCCC1.Cl. The standard InChI is InChI=1S/C21H31N3O3.ClH/c1-15-11-18(21(26)24-10-7-22-13-17(24)3)12-16(2)20(15)27-14-19(25)23-8-5-4-6-9-23;/h11-12,17,22H,4-10,13-14H2,1-3H3;1H/t17-;/m1./s1. The van der Waals surface area contributed by atoms with Crippen LogP contribution in [0.2, 0.25) is 0 Å². The number of carbonyl (C=O) groups is 2. The highest BCUT2D eigenvalue weighted by atomic mass is 35.5. The average molecular weight is 410 g/mol. The van der Waals surface area contributed by atoms with Gasteiger partial charge in [-0.3, -0.25) is 9.59 Å². The molecule has 0 aliphatic carbocycles. The Morgan fingerprint density at radius 2 is 1.75 bits per heavy atom. The van der Waals surface area contributed by atoms with Gasteiger partial charge in [0.1, 0.15) is 5.75 Å². The molecule has 2 heterocycles. The van der Waals surface area contributed by atoms with Gasteiger partial charge in [-0.15, -0.1) is 12.4 Å². The zero-order chi connectivity index (χ0) is 19.4. The Kier molecular flexibility index (Phi) is 8.13. The summed E-state index contributed by atoms with van der Waals surface area (Å²) in [7, 11) is 0. The number of piperidine rings is 1. The Morgan fingerprint density at radius 3 is 2.36 bits per heavy atom. The first-order chi connectivity index (χ1) is 13.0. The molecule has 28 heavy (non-hydrogen) atoms. The fourth-order valence-corrected chi connectivity index (χ4v) is 3.98. The van der Waals surface area contributed by atoms with Crippen LogP contribution in [0.3, 0.4) is 0 Å². The second-order valence-electron chi connectivity index (χ2n) is 7.72. The molecule has 2 fully saturated rings. The van der Waals surface area contributed by atoms with E-state index in [1.54, 1.807) is 0 Å². The minimum Gasteiger partial charge on any atom is -0.483 e. The molecule has 0 unspecified atom stereocenters.